The molecule has 0 fully saturated rings. The van der Waals surface area contributed by atoms with Gasteiger partial charge in [-0.2, -0.15) is 0 Å². The van der Waals surface area contributed by atoms with Crippen molar-refractivity contribution in [1.29, 1.82) is 0 Å². The SMILES string of the molecule is Cc1cccc(C)c1NC(=O)[C@H](C)NC(=O)c1ccccc1F. The number of aryl methyl sites for hydroxylation is 2. The molecule has 0 saturated carbocycles. The number of rotatable bonds is 4. The molecule has 2 aromatic rings. The van der Waals surface area contributed by atoms with E-state index in [-0.39, 0.29) is 11.5 Å². The topological polar surface area (TPSA) is 58.2 Å². The zero-order chi connectivity index (χ0) is 17.0. The Morgan fingerprint density at radius 3 is 2.22 bits per heavy atom. The van der Waals surface area contributed by atoms with Gasteiger partial charge >= 0.3 is 0 Å². The highest BCUT2D eigenvalue weighted by Gasteiger charge is 2.19. The maximum atomic E-state index is 13.6. The molecule has 5 heteroatoms. The molecule has 0 aliphatic heterocycles. The Morgan fingerprint density at radius 2 is 1.61 bits per heavy atom. The lowest BCUT2D eigenvalue weighted by Crippen LogP contribution is -2.42. The van der Waals surface area contributed by atoms with Crippen LogP contribution in [0.15, 0.2) is 42.5 Å². The normalized spacial score (nSPS) is 11.7. The number of carbonyl (C=O) groups excluding carboxylic acids is 2. The van der Waals surface area contributed by atoms with Crippen LogP contribution in [0.3, 0.4) is 0 Å². The molecule has 1 atom stereocenters. The van der Waals surface area contributed by atoms with Crippen molar-refractivity contribution in [1.82, 2.24) is 5.32 Å². The molecule has 2 N–H and O–H groups in total. The summed E-state index contributed by atoms with van der Waals surface area (Å²) in [7, 11) is 0. The highest BCUT2D eigenvalue weighted by molar-refractivity contribution is 6.01. The molecule has 0 bridgehead atoms. The van der Waals surface area contributed by atoms with E-state index < -0.39 is 17.8 Å². The van der Waals surface area contributed by atoms with Crippen LogP contribution in [-0.2, 0) is 4.79 Å². The third kappa shape index (κ3) is 3.94. The van der Waals surface area contributed by atoms with Gasteiger partial charge in [0.15, 0.2) is 0 Å². The molecule has 120 valence electrons. The van der Waals surface area contributed by atoms with Crippen molar-refractivity contribution in [2.24, 2.45) is 0 Å². The van der Waals surface area contributed by atoms with Crippen LogP contribution >= 0.6 is 0 Å². The second-order valence-corrected chi connectivity index (χ2v) is 5.43. The average Bonchev–Trinajstić information content (AvgIpc) is 2.51. The molecule has 0 radical (unpaired) electrons. The summed E-state index contributed by atoms with van der Waals surface area (Å²) in [5, 5.41) is 5.31. The highest BCUT2D eigenvalue weighted by atomic mass is 19.1. The van der Waals surface area contributed by atoms with Gasteiger partial charge in [0.1, 0.15) is 11.9 Å². The van der Waals surface area contributed by atoms with Gasteiger partial charge in [0.2, 0.25) is 5.91 Å². The minimum atomic E-state index is -0.791. The van der Waals surface area contributed by atoms with E-state index in [0.717, 1.165) is 16.8 Å². The van der Waals surface area contributed by atoms with E-state index in [2.05, 4.69) is 10.6 Å². The predicted molar refractivity (Wildman–Crippen MR) is 87.9 cm³/mol. The third-order valence-corrected chi connectivity index (χ3v) is 3.59. The minimum absolute atomic E-state index is 0.0841. The molecule has 0 aliphatic rings. The van der Waals surface area contributed by atoms with Crippen molar-refractivity contribution in [3.8, 4) is 0 Å². The highest BCUT2D eigenvalue weighted by Crippen LogP contribution is 2.19. The van der Waals surface area contributed by atoms with E-state index in [4.69, 9.17) is 0 Å². The summed E-state index contributed by atoms with van der Waals surface area (Å²) < 4.78 is 13.6. The fourth-order valence-corrected chi connectivity index (χ4v) is 2.23. The number of hydrogen-bond acceptors (Lipinski definition) is 2. The van der Waals surface area contributed by atoms with Crippen molar-refractivity contribution in [3.63, 3.8) is 0 Å². The van der Waals surface area contributed by atoms with Crippen molar-refractivity contribution in [2.45, 2.75) is 26.8 Å². The zero-order valence-electron chi connectivity index (χ0n) is 13.3. The third-order valence-electron chi connectivity index (χ3n) is 3.59. The molecule has 0 aromatic heterocycles. The van der Waals surface area contributed by atoms with Crippen LogP contribution in [0.25, 0.3) is 0 Å². The summed E-state index contributed by atoms with van der Waals surface area (Å²) in [6, 6.07) is 10.6. The molecular weight excluding hydrogens is 295 g/mol. The zero-order valence-corrected chi connectivity index (χ0v) is 13.3. The lowest BCUT2D eigenvalue weighted by atomic mass is 10.1. The van der Waals surface area contributed by atoms with Gasteiger partial charge in [-0.3, -0.25) is 9.59 Å². The molecule has 0 aliphatic carbocycles. The number of hydrogen-bond donors (Lipinski definition) is 2. The van der Waals surface area contributed by atoms with Crippen LogP contribution in [0.4, 0.5) is 10.1 Å². The van der Waals surface area contributed by atoms with Crippen molar-refractivity contribution in [2.75, 3.05) is 5.32 Å². The first-order chi connectivity index (χ1) is 10.9. The molecule has 0 spiro atoms. The predicted octanol–water partition coefficient (Wildman–Crippen LogP) is 3.20. The molecule has 2 amide bonds. The first-order valence-corrected chi connectivity index (χ1v) is 7.32. The number of halogens is 1. The van der Waals surface area contributed by atoms with Gasteiger partial charge < -0.3 is 10.6 Å². The van der Waals surface area contributed by atoms with E-state index in [1.54, 1.807) is 13.0 Å². The van der Waals surface area contributed by atoms with Crippen molar-refractivity contribution in [3.05, 3.63) is 65.0 Å². The molecule has 2 aromatic carbocycles. The van der Waals surface area contributed by atoms with Gasteiger partial charge in [-0.05, 0) is 44.0 Å². The molecule has 4 nitrogen and oxygen atoms in total. The summed E-state index contributed by atoms with van der Waals surface area (Å²) in [5.41, 5.74) is 2.51. The second-order valence-electron chi connectivity index (χ2n) is 5.43. The lowest BCUT2D eigenvalue weighted by Gasteiger charge is -2.17. The second kappa shape index (κ2) is 7.05. The Morgan fingerprint density at radius 1 is 1.00 bits per heavy atom. The van der Waals surface area contributed by atoms with E-state index in [9.17, 15) is 14.0 Å². The number of nitrogens with one attached hydrogen (secondary N) is 2. The summed E-state index contributed by atoms with van der Waals surface area (Å²) in [6.45, 7) is 5.35. The summed E-state index contributed by atoms with van der Waals surface area (Å²) in [4.78, 5) is 24.3. The summed E-state index contributed by atoms with van der Waals surface area (Å²) in [6.07, 6.45) is 0. The number of amides is 2. The van der Waals surface area contributed by atoms with E-state index in [1.165, 1.54) is 18.2 Å². The Labute approximate surface area is 134 Å². The van der Waals surface area contributed by atoms with E-state index in [1.807, 2.05) is 32.0 Å². The van der Waals surface area contributed by atoms with Gasteiger partial charge in [0.25, 0.3) is 5.91 Å². The summed E-state index contributed by atoms with van der Waals surface area (Å²) in [5.74, 6) is -1.59. The van der Waals surface area contributed by atoms with E-state index >= 15 is 0 Å². The van der Waals surface area contributed by atoms with Crippen LogP contribution in [0.1, 0.15) is 28.4 Å². The Kier molecular flexibility index (Phi) is 5.11. The minimum Gasteiger partial charge on any atom is -0.340 e. The first kappa shape index (κ1) is 16.7. The van der Waals surface area contributed by atoms with Gasteiger partial charge in [-0.25, -0.2) is 4.39 Å². The Bertz CT molecular complexity index is 723. The van der Waals surface area contributed by atoms with Crippen LogP contribution in [-0.4, -0.2) is 17.9 Å². The van der Waals surface area contributed by atoms with Crippen LogP contribution in [0, 0.1) is 19.7 Å². The number of carbonyl (C=O) groups is 2. The van der Waals surface area contributed by atoms with Crippen LogP contribution in [0.5, 0.6) is 0 Å². The van der Waals surface area contributed by atoms with Crippen molar-refractivity contribution < 1.29 is 14.0 Å². The van der Waals surface area contributed by atoms with Crippen LogP contribution < -0.4 is 10.6 Å². The Hall–Kier alpha value is -2.69. The summed E-state index contributed by atoms with van der Waals surface area (Å²) >= 11 is 0. The van der Waals surface area contributed by atoms with Crippen LogP contribution in [0.2, 0.25) is 0 Å². The number of benzene rings is 2. The maximum absolute atomic E-state index is 13.6. The van der Waals surface area contributed by atoms with Gasteiger partial charge in [-0.15, -0.1) is 0 Å². The largest absolute Gasteiger partial charge is 0.340 e. The number of para-hydroxylation sites is 1. The fraction of sp³-hybridized carbons (Fsp3) is 0.222. The molecule has 0 heterocycles. The Balaban J connectivity index is 2.06. The smallest absolute Gasteiger partial charge is 0.254 e. The standard InChI is InChI=1S/C18H19FN2O2/c1-11-7-6-8-12(2)16(11)21-17(22)13(3)20-18(23)14-9-4-5-10-15(14)19/h4-10,13H,1-3H3,(H,20,23)(H,21,22)/t13-/m0/s1. The van der Waals surface area contributed by atoms with Gasteiger partial charge in [0, 0.05) is 5.69 Å². The number of anilines is 1. The first-order valence-electron chi connectivity index (χ1n) is 7.32. The quantitative estimate of drug-likeness (QED) is 0.910. The molecule has 0 saturated heterocycles. The van der Waals surface area contributed by atoms with Gasteiger partial charge in [-0.1, -0.05) is 30.3 Å². The van der Waals surface area contributed by atoms with E-state index in [0.29, 0.717) is 0 Å². The fourth-order valence-electron chi connectivity index (χ4n) is 2.23. The van der Waals surface area contributed by atoms with Gasteiger partial charge in [0.05, 0.1) is 5.56 Å². The van der Waals surface area contributed by atoms with Crippen molar-refractivity contribution >= 4 is 17.5 Å². The molecule has 2 rings (SSSR count). The molecular formula is C18H19FN2O2. The molecule has 23 heavy (non-hydrogen) atoms. The molecule has 0 unspecified atom stereocenters. The lowest BCUT2D eigenvalue weighted by molar-refractivity contribution is -0.117. The average molecular weight is 314 g/mol. The monoisotopic (exact) mass is 314 g/mol. The maximum Gasteiger partial charge on any atom is 0.254 e.